The zero-order valence-electron chi connectivity index (χ0n) is 12.1. The first kappa shape index (κ1) is 15.3. The molecule has 0 bridgehead atoms. The number of Topliss-reactive ketones (excluding diaryl/α,β-unsaturated/α-hetero) is 1. The number of aliphatic hydroxyl groups excluding tert-OH is 1. The number of ketones is 1. The number of carbonyl (C=O) groups excluding carboxylic acids is 1. The molecule has 0 fully saturated rings. The Balaban J connectivity index is 2.66. The maximum Gasteiger partial charge on any atom is 0.347 e. The lowest BCUT2D eigenvalue weighted by atomic mass is 10.0. The highest BCUT2D eigenvalue weighted by Gasteiger charge is 2.14. The van der Waals surface area contributed by atoms with E-state index >= 15 is 0 Å². The monoisotopic (exact) mass is 290 g/mol. The van der Waals surface area contributed by atoms with E-state index in [0.717, 1.165) is 10.9 Å². The van der Waals surface area contributed by atoms with Gasteiger partial charge in [0.25, 0.3) is 0 Å². The molecule has 0 aliphatic carbocycles. The average Bonchev–Trinajstić information content (AvgIpc) is 2.44. The lowest BCUT2D eigenvalue weighted by Gasteiger charge is -2.10. The van der Waals surface area contributed by atoms with E-state index in [0.29, 0.717) is 29.7 Å². The van der Waals surface area contributed by atoms with Gasteiger partial charge in [0.1, 0.15) is 22.7 Å². The Morgan fingerprint density at radius 1 is 1.38 bits per heavy atom. The molecule has 1 N–H and O–H groups in total. The molecule has 0 saturated heterocycles. The number of methoxy groups -OCH3 is 1. The fourth-order valence-electron chi connectivity index (χ4n) is 2.37. The second-order valence-corrected chi connectivity index (χ2v) is 4.92. The Bertz CT molecular complexity index is 714. The molecule has 0 atom stereocenters. The van der Waals surface area contributed by atoms with Crippen molar-refractivity contribution >= 4 is 16.6 Å². The van der Waals surface area contributed by atoms with Crippen LogP contribution in [-0.2, 0) is 17.6 Å². The number of rotatable bonds is 6. The zero-order valence-corrected chi connectivity index (χ0v) is 12.1. The third-order valence-electron chi connectivity index (χ3n) is 3.28. The van der Waals surface area contributed by atoms with E-state index in [9.17, 15) is 9.59 Å². The number of benzene rings is 1. The highest BCUT2D eigenvalue weighted by Crippen LogP contribution is 2.27. The molecule has 2 rings (SSSR count). The van der Waals surface area contributed by atoms with Crippen LogP contribution in [0.25, 0.3) is 10.8 Å². The number of aryl methyl sites for hydroxylation is 1. The number of ether oxygens (including phenoxy) is 1. The van der Waals surface area contributed by atoms with E-state index < -0.39 is 5.63 Å². The Kier molecular flexibility index (Phi) is 4.75. The molecule has 1 aromatic heterocycles. The maximum atomic E-state index is 12.2. The van der Waals surface area contributed by atoms with E-state index in [4.69, 9.17) is 14.3 Å². The second-order valence-electron chi connectivity index (χ2n) is 4.92. The third kappa shape index (κ3) is 3.31. The van der Waals surface area contributed by atoms with Crippen LogP contribution in [0.2, 0.25) is 0 Å². The van der Waals surface area contributed by atoms with E-state index in [1.165, 1.54) is 14.0 Å². The van der Waals surface area contributed by atoms with Gasteiger partial charge in [0, 0.05) is 6.61 Å². The minimum atomic E-state index is -0.508. The van der Waals surface area contributed by atoms with Crippen LogP contribution in [0, 0.1) is 0 Å². The van der Waals surface area contributed by atoms with E-state index in [-0.39, 0.29) is 18.8 Å². The van der Waals surface area contributed by atoms with Crippen LogP contribution in [0.4, 0.5) is 0 Å². The van der Waals surface area contributed by atoms with Crippen molar-refractivity contribution in [2.24, 2.45) is 0 Å². The van der Waals surface area contributed by atoms with Gasteiger partial charge in [-0.15, -0.1) is 0 Å². The van der Waals surface area contributed by atoms with Crippen molar-refractivity contribution in [3.63, 3.8) is 0 Å². The predicted molar refractivity (Wildman–Crippen MR) is 78.8 cm³/mol. The third-order valence-corrected chi connectivity index (χ3v) is 3.28. The van der Waals surface area contributed by atoms with Crippen LogP contribution >= 0.6 is 0 Å². The average molecular weight is 290 g/mol. The number of hydrogen-bond donors (Lipinski definition) is 1. The van der Waals surface area contributed by atoms with Gasteiger partial charge in [-0.25, -0.2) is 4.79 Å². The fourth-order valence-corrected chi connectivity index (χ4v) is 2.37. The maximum absolute atomic E-state index is 12.2. The van der Waals surface area contributed by atoms with Crippen molar-refractivity contribution in [3.8, 4) is 5.75 Å². The van der Waals surface area contributed by atoms with E-state index in [1.807, 2.05) is 6.07 Å². The van der Waals surface area contributed by atoms with Gasteiger partial charge in [-0.2, -0.15) is 0 Å². The lowest BCUT2D eigenvalue weighted by molar-refractivity contribution is -0.116. The highest BCUT2D eigenvalue weighted by molar-refractivity contribution is 5.90. The quantitative estimate of drug-likeness (QED) is 0.878. The number of hydrogen-bond acceptors (Lipinski definition) is 5. The Hall–Kier alpha value is -2.14. The Morgan fingerprint density at radius 2 is 2.14 bits per heavy atom. The summed E-state index contributed by atoms with van der Waals surface area (Å²) in [5.41, 5.74) is 0.420. The van der Waals surface area contributed by atoms with Gasteiger partial charge in [-0.05, 0) is 42.8 Å². The first-order valence-electron chi connectivity index (χ1n) is 6.79. The van der Waals surface area contributed by atoms with Crippen LogP contribution in [0.1, 0.15) is 24.7 Å². The predicted octanol–water partition coefficient (Wildman–Crippen LogP) is 1.86. The molecule has 1 heterocycles. The molecular formula is C16H18O5. The molecule has 1 aromatic carbocycles. The fraction of sp³-hybridized carbons (Fsp3) is 0.375. The summed E-state index contributed by atoms with van der Waals surface area (Å²) in [6, 6.07) is 5.30. The molecule has 2 aromatic rings. The molecule has 112 valence electrons. The standard InChI is InChI=1S/C16H18O5/c1-10(18)8-12-9-13-11(4-3-7-17)5-6-14(20-2)15(13)16(19)21-12/h5-6,9,17H,3-4,7-8H2,1-2H3. The van der Waals surface area contributed by atoms with Crippen LogP contribution < -0.4 is 10.4 Å². The van der Waals surface area contributed by atoms with Crippen molar-refractivity contribution in [1.29, 1.82) is 0 Å². The summed E-state index contributed by atoms with van der Waals surface area (Å²) in [5, 5.41) is 10.1. The van der Waals surface area contributed by atoms with Gasteiger partial charge < -0.3 is 14.3 Å². The molecule has 0 amide bonds. The topological polar surface area (TPSA) is 76.7 Å². The summed E-state index contributed by atoms with van der Waals surface area (Å²) in [6.45, 7) is 1.53. The summed E-state index contributed by atoms with van der Waals surface area (Å²) in [6.07, 6.45) is 1.32. The Labute approximate surface area is 122 Å². The molecule has 0 aliphatic rings. The van der Waals surface area contributed by atoms with Crippen LogP contribution in [0.5, 0.6) is 5.75 Å². The molecule has 21 heavy (non-hydrogen) atoms. The SMILES string of the molecule is COc1ccc(CCCO)c2cc(CC(C)=O)oc(=O)c12. The summed E-state index contributed by atoms with van der Waals surface area (Å²) < 4.78 is 10.4. The lowest BCUT2D eigenvalue weighted by Crippen LogP contribution is -2.08. The van der Waals surface area contributed by atoms with Crippen molar-refractivity contribution < 1.29 is 19.1 Å². The van der Waals surface area contributed by atoms with Gasteiger partial charge >= 0.3 is 5.63 Å². The van der Waals surface area contributed by atoms with Crippen LogP contribution in [0.3, 0.4) is 0 Å². The smallest absolute Gasteiger partial charge is 0.347 e. The molecule has 0 saturated carbocycles. The molecule has 0 spiro atoms. The van der Waals surface area contributed by atoms with E-state index in [1.54, 1.807) is 12.1 Å². The van der Waals surface area contributed by atoms with Gasteiger partial charge in [0.05, 0.1) is 13.5 Å². The van der Waals surface area contributed by atoms with Crippen molar-refractivity contribution in [3.05, 3.63) is 39.9 Å². The van der Waals surface area contributed by atoms with Crippen molar-refractivity contribution in [2.75, 3.05) is 13.7 Å². The minimum Gasteiger partial charge on any atom is -0.496 e. The minimum absolute atomic E-state index is 0.0719. The first-order valence-corrected chi connectivity index (χ1v) is 6.79. The zero-order chi connectivity index (χ0) is 15.4. The largest absolute Gasteiger partial charge is 0.496 e. The molecule has 0 unspecified atom stereocenters. The number of carbonyl (C=O) groups is 1. The van der Waals surface area contributed by atoms with Gasteiger partial charge in [-0.3, -0.25) is 4.79 Å². The van der Waals surface area contributed by atoms with E-state index in [2.05, 4.69) is 0 Å². The van der Waals surface area contributed by atoms with Crippen molar-refractivity contribution in [2.45, 2.75) is 26.2 Å². The normalized spacial score (nSPS) is 10.8. The molecule has 5 heteroatoms. The van der Waals surface area contributed by atoms with Crippen molar-refractivity contribution in [1.82, 2.24) is 0 Å². The van der Waals surface area contributed by atoms with Gasteiger partial charge in [-0.1, -0.05) is 6.07 Å². The highest BCUT2D eigenvalue weighted by atomic mass is 16.5. The molecule has 5 nitrogen and oxygen atoms in total. The molecule has 0 radical (unpaired) electrons. The first-order chi connectivity index (χ1) is 10.1. The summed E-state index contributed by atoms with van der Waals surface area (Å²) in [5.74, 6) is 0.719. The molecular weight excluding hydrogens is 272 g/mol. The van der Waals surface area contributed by atoms with Gasteiger partial charge in [0.2, 0.25) is 0 Å². The molecule has 0 aliphatic heterocycles. The second kappa shape index (κ2) is 6.54. The summed E-state index contributed by atoms with van der Waals surface area (Å²) in [4.78, 5) is 23.4. The van der Waals surface area contributed by atoms with Gasteiger partial charge in [0.15, 0.2) is 0 Å². The summed E-state index contributed by atoms with van der Waals surface area (Å²) >= 11 is 0. The number of aliphatic hydroxyl groups is 1. The van der Waals surface area contributed by atoms with Crippen LogP contribution in [0.15, 0.2) is 27.4 Å². The number of fused-ring (bicyclic) bond motifs is 1. The summed E-state index contributed by atoms with van der Waals surface area (Å²) in [7, 11) is 1.49. The van der Waals surface area contributed by atoms with Crippen LogP contribution in [-0.4, -0.2) is 24.6 Å². The Morgan fingerprint density at radius 3 is 2.76 bits per heavy atom.